The van der Waals surface area contributed by atoms with Crippen molar-refractivity contribution in [1.82, 2.24) is 0 Å². The van der Waals surface area contributed by atoms with E-state index in [2.05, 4.69) is 12.2 Å². The number of hydrogen-bond donors (Lipinski definition) is 1. The summed E-state index contributed by atoms with van der Waals surface area (Å²) in [5, 5.41) is 3.13. The van der Waals surface area contributed by atoms with Crippen LogP contribution in [0.4, 0.5) is 5.00 Å². The number of methoxy groups -OCH3 is 3. The molecule has 2 aromatic rings. The van der Waals surface area contributed by atoms with Crippen LogP contribution in [0.5, 0.6) is 11.5 Å². The normalized spacial score (nSPS) is 14.9. The molecule has 1 heterocycles. The van der Waals surface area contributed by atoms with Crippen LogP contribution in [0.25, 0.3) is 0 Å². The molecule has 1 unspecified atom stereocenters. The van der Waals surface area contributed by atoms with Crippen molar-refractivity contribution in [2.75, 3.05) is 33.3 Å². The van der Waals surface area contributed by atoms with Gasteiger partial charge >= 0.3 is 11.9 Å². The van der Waals surface area contributed by atoms with Gasteiger partial charge in [0.05, 0.1) is 26.9 Å². The Morgan fingerprint density at radius 2 is 1.90 bits per heavy atom. The number of nitrogens with one attached hydrogen (secondary N) is 1. The summed E-state index contributed by atoms with van der Waals surface area (Å²) in [6.45, 7) is 1.65. The van der Waals surface area contributed by atoms with Crippen molar-refractivity contribution in [3.05, 3.63) is 39.8 Å². The Bertz CT molecular complexity index is 998. The summed E-state index contributed by atoms with van der Waals surface area (Å²) in [7, 11) is 4.24. The van der Waals surface area contributed by atoms with Gasteiger partial charge in [-0.05, 0) is 42.9 Å². The monoisotopic (exact) mass is 447 g/mol. The predicted octanol–water partition coefficient (Wildman–Crippen LogP) is 3.47. The molecule has 166 valence electrons. The number of ether oxygens (including phenoxy) is 4. The zero-order valence-corrected chi connectivity index (χ0v) is 18.7. The fourth-order valence-electron chi connectivity index (χ4n) is 3.50. The van der Waals surface area contributed by atoms with Crippen molar-refractivity contribution in [3.8, 4) is 11.5 Å². The van der Waals surface area contributed by atoms with Gasteiger partial charge < -0.3 is 24.3 Å². The van der Waals surface area contributed by atoms with E-state index < -0.39 is 24.5 Å². The van der Waals surface area contributed by atoms with Gasteiger partial charge in [0.1, 0.15) is 22.1 Å². The van der Waals surface area contributed by atoms with E-state index in [1.807, 2.05) is 0 Å². The molecule has 0 fully saturated rings. The third-order valence-electron chi connectivity index (χ3n) is 5.12. The van der Waals surface area contributed by atoms with E-state index in [0.717, 1.165) is 29.7 Å². The van der Waals surface area contributed by atoms with Crippen LogP contribution in [-0.2, 0) is 27.1 Å². The van der Waals surface area contributed by atoms with Gasteiger partial charge in [-0.25, -0.2) is 9.59 Å². The predicted molar refractivity (Wildman–Crippen MR) is 115 cm³/mol. The summed E-state index contributed by atoms with van der Waals surface area (Å²) in [4.78, 5) is 38.3. The number of anilines is 1. The average molecular weight is 448 g/mol. The maximum Gasteiger partial charge on any atom is 0.342 e. The van der Waals surface area contributed by atoms with Crippen LogP contribution in [0.1, 0.15) is 44.5 Å². The molecule has 0 spiro atoms. The third kappa shape index (κ3) is 4.99. The van der Waals surface area contributed by atoms with Crippen LogP contribution in [-0.4, -0.2) is 45.8 Å². The summed E-state index contributed by atoms with van der Waals surface area (Å²) < 4.78 is 20.4. The van der Waals surface area contributed by atoms with Crippen LogP contribution in [0.2, 0.25) is 0 Å². The molecule has 0 saturated heterocycles. The highest BCUT2D eigenvalue weighted by Gasteiger charge is 2.29. The standard InChI is InChI=1S/C22H25NO7S/c1-12-5-7-15-17(9-12)31-20(19(15)22(26)29-4)23-18(24)11-30-21(25)14-8-6-13(27-2)10-16(14)28-3/h6,8,10,12H,5,7,9,11H2,1-4H3,(H,23,24). The summed E-state index contributed by atoms with van der Waals surface area (Å²) >= 11 is 1.37. The van der Waals surface area contributed by atoms with Gasteiger partial charge in [-0.1, -0.05) is 6.92 Å². The number of esters is 2. The van der Waals surface area contributed by atoms with Crippen LogP contribution >= 0.6 is 11.3 Å². The number of amides is 1. The maximum absolute atomic E-state index is 12.5. The molecule has 1 N–H and O–H groups in total. The van der Waals surface area contributed by atoms with E-state index >= 15 is 0 Å². The molecule has 9 heteroatoms. The van der Waals surface area contributed by atoms with Gasteiger partial charge in [0.2, 0.25) is 0 Å². The highest BCUT2D eigenvalue weighted by atomic mass is 32.1. The minimum absolute atomic E-state index is 0.173. The van der Waals surface area contributed by atoms with Crippen molar-refractivity contribution < 1.29 is 33.3 Å². The van der Waals surface area contributed by atoms with Gasteiger partial charge in [-0.3, -0.25) is 4.79 Å². The zero-order chi connectivity index (χ0) is 22.5. The van der Waals surface area contributed by atoms with Gasteiger partial charge in [0, 0.05) is 10.9 Å². The first-order valence-corrected chi connectivity index (χ1v) is 10.6. The van der Waals surface area contributed by atoms with E-state index in [-0.39, 0.29) is 11.3 Å². The summed E-state index contributed by atoms with van der Waals surface area (Å²) in [5.74, 6) is -0.419. The first-order chi connectivity index (χ1) is 14.9. The molecule has 1 aliphatic carbocycles. The van der Waals surface area contributed by atoms with E-state index in [1.165, 1.54) is 38.7 Å². The van der Waals surface area contributed by atoms with Crippen molar-refractivity contribution in [2.45, 2.75) is 26.2 Å². The molecule has 0 saturated carbocycles. The van der Waals surface area contributed by atoms with Crippen molar-refractivity contribution in [1.29, 1.82) is 0 Å². The molecule has 1 aliphatic rings. The second kappa shape index (κ2) is 9.82. The summed E-state index contributed by atoms with van der Waals surface area (Å²) in [6, 6.07) is 4.65. The SMILES string of the molecule is COC(=O)c1c(NC(=O)COC(=O)c2ccc(OC)cc2OC)sc2c1CCC(C)C2. The van der Waals surface area contributed by atoms with Crippen LogP contribution < -0.4 is 14.8 Å². The Morgan fingerprint density at radius 1 is 1.13 bits per heavy atom. The lowest BCUT2D eigenvalue weighted by molar-refractivity contribution is -0.119. The number of benzene rings is 1. The number of carbonyl (C=O) groups excluding carboxylic acids is 3. The zero-order valence-electron chi connectivity index (χ0n) is 17.9. The minimum atomic E-state index is -0.706. The molecule has 1 aromatic carbocycles. The van der Waals surface area contributed by atoms with Crippen molar-refractivity contribution in [2.24, 2.45) is 5.92 Å². The summed E-state index contributed by atoms with van der Waals surface area (Å²) in [5.41, 5.74) is 1.50. The van der Waals surface area contributed by atoms with Crippen molar-refractivity contribution in [3.63, 3.8) is 0 Å². The second-order valence-corrected chi connectivity index (χ2v) is 8.34. The third-order valence-corrected chi connectivity index (χ3v) is 6.29. The topological polar surface area (TPSA) is 100 Å². The van der Waals surface area contributed by atoms with Crippen LogP contribution in [0, 0.1) is 5.92 Å². The van der Waals surface area contributed by atoms with Crippen LogP contribution in [0.15, 0.2) is 18.2 Å². The number of hydrogen-bond acceptors (Lipinski definition) is 8. The Hall–Kier alpha value is -3.07. The fraction of sp³-hybridized carbons (Fsp3) is 0.409. The maximum atomic E-state index is 12.5. The molecular weight excluding hydrogens is 422 g/mol. The van der Waals surface area contributed by atoms with Gasteiger partial charge in [-0.2, -0.15) is 0 Å². The first kappa shape index (κ1) is 22.6. The molecule has 0 radical (unpaired) electrons. The second-order valence-electron chi connectivity index (χ2n) is 7.24. The Labute approximate surface area is 184 Å². The largest absolute Gasteiger partial charge is 0.497 e. The molecule has 31 heavy (non-hydrogen) atoms. The lowest BCUT2D eigenvalue weighted by Gasteiger charge is -2.18. The number of rotatable bonds is 7. The molecule has 1 aromatic heterocycles. The van der Waals surface area contributed by atoms with Crippen molar-refractivity contribution >= 4 is 34.2 Å². The number of carbonyl (C=O) groups is 3. The fourth-order valence-corrected chi connectivity index (χ4v) is 4.91. The first-order valence-electron chi connectivity index (χ1n) is 9.79. The molecule has 0 aliphatic heterocycles. The quantitative estimate of drug-likeness (QED) is 0.649. The molecule has 8 nitrogen and oxygen atoms in total. The summed E-state index contributed by atoms with van der Waals surface area (Å²) in [6.07, 6.45) is 2.59. The molecular formula is C22H25NO7S. The lowest BCUT2D eigenvalue weighted by atomic mass is 9.88. The van der Waals surface area contributed by atoms with E-state index in [4.69, 9.17) is 18.9 Å². The molecule has 1 atom stereocenters. The van der Waals surface area contributed by atoms with Gasteiger partial charge in [0.25, 0.3) is 5.91 Å². The average Bonchev–Trinajstić information content (AvgIpc) is 3.12. The smallest absolute Gasteiger partial charge is 0.342 e. The molecule has 0 bridgehead atoms. The van der Waals surface area contributed by atoms with Gasteiger partial charge in [0.15, 0.2) is 6.61 Å². The highest BCUT2D eigenvalue weighted by molar-refractivity contribution is 7.17. The van der Waals surface area contributed by atoms with E-state index in [1.54, 1.807) is 12.1 Å². The molecule has 3 rings (SSSR count). The Kier molecular flexibility index (Phi) is 7.17. The lowest BCUT2D eigenvalue weighted by Crippen LogP contribution is -2.22. The van der Waals surface area contributed by atoms with E-state index in [9.17, 15) is 14.4 Å². The van der Waals surface area contributed by atoms with E-state index in [0.29, 0.717) is 22.2 Å². The Morgan fingerprint density at radius 3 is 2.58 bits per heavy atom. The Balaban J connectivity index is 1.70. The number of thiophene rings is 1. The number of fused-ring (bicyclic) bond motifs is 1. The molecule has 1 amide bonds. The van der Waals surface area contributed by atoms with Gasteiger partial charge in [-0.15, -0.1) is 11.3 Å². The highest BCUT2D eigenvalue weighted by Crippen LogP contribution is 2.40. The minimum Gasteiger partial charge on any atom is -0.497 e. The van der Waals surface area contributed by atoms with Crippen LogP contribution in [0.3, 0.4) is 0 Å².